The quantitative estimate of drug-likeness (QED) is 0.382. The Kier molecular flexibility index (Phi) is 6.38. The van der Waals surface area contributed by atoms with E-state index >= 15 is 0 Å². The number of halogens is 3. The van der Waals surface area contributed by atoms with Crippen molar-refractivity contribution in [2.24, 2.45) is 11.8 Å². The standard InChI is InChI=1S/C26H30F3N3OS/c1-15-7-12-21-18(13-15)9-8-16(2)32(21)22(33)14-34-25-30-23-19-6-4-3-5-17(19)10-11-20(23)24(31-25)26(27,28)29/h3-6,15-16,18,21H,7-14H2,1-2H3/t15-,16-,18+,21-/m0/s1. The lowest BCUT2D eigenvalue weighted by Crippen LogP contribution is -2.55. The molecule has 2 aromatic rings. The molecule has 5 rings (SSSR count). The first-order valence-electron chi connectivity index (χ1n) is 12.2. The molecule has 0 bridgehead atoms. The summed E-state index contributed by atoms with van der Waals surface area (Å²) in [6.45, 7) is 4.37. The van der Waals surface area contributed by atoms with E-state index < -0.39 is 11.9 Å². The van der Waals surface area contributed by atoms with Crippen molar-refractivity contribution in [2.45, 2.75) is 82.2 Å². The maximum atomic E-state index is 13.9. The molecule has 182 valence electrons. The Morgan fingerprint density at radius 2 is 1.88 bits per heavy atom. The second kappa shape index (κ2) is 9.17. The molecule has 4 nitrogen and oxygen atoms in total. The summed E-state index contributed by atoms with van der Waals surface area (Å²) in [6, 6.07) is 7.87. The number of hydrogen-bond donors (Lipinski definition) is 0. The van der Waals surface area contributed by atoms with Crippen molar-refractivity contribution >= 4 is 17.7 Å². The summed E-state index contributed by atoms with van der Waals surface area (Å²) < 4.78 is 41.7. The summed E-state index contributed by atoms with van der Waals surface area (Å²) in [5.74, 6) is 1.26. The minimum absolute atomic E-state index is 0.0166. The summed E-state index contributed by atoms with van der Waals surface area (Å²) >= 11 is 1.03. The number of benzene rings is 1. The molecule has 1 aromatic carbocycles. The van der Waals surface area contributed by atoms with Gasteiger partial charge >= 0.3 is 6.18 Å². The van der Waals surface area contributed by atoms with Gasteiger partial charge in [0, 0.05) is 23.2 Å². The second-order valence-electron chi connectivity index (χ2n) is 10.1. The van der Waals surface area contributed by atoms with Crippen molar-refractivity contribution in [3.05, 3.63) is 41.1 Å². The minimum atomic E-state index is -4.56. The number of rotatable bonds is 3. The summed E-state index contributed by atoms with van der Waals surface area (Å²) in [4.78, 5) is 23.8. The number of likely N-dealkylation sites (tertiary alicyclic amines) is 1. The largest absolute Gasteiger partial charge is 0.433 e. The van der Waals surface area contributed by atoms with Crippen LogP contribution in [0, 0.1) is 11.8 Å². The van der Waals surface area contributed by atoms with Crippen LogP contribution in [0.25, 0.3) is 11.3 Å². The third-order valence-corrected chi connectivity index (χ3v) is 8.61. The Hall–Kier alpha value is -2.09. The monoisotopic (exact) mass is 489 g/mol. The number of nitrogens with zero attached hydrogens (tertiary/aromatic N) is 3. The highest BCUT2D eigenvalue weighted by atomic mass is 32.2. The first-order chi connectivity index (χ1) is 16.2. The number of hydrogen-bond acceptors (Lipinski definition) is 4. The molecule has 1 saturated carbocycles. The molecule has 2 fully saturated rings. The Bertz CT molecular complexity index is 1090. The van der Waals surface area contributed by atoms with Gasteiger partial charge in [-0.2, -0.15) is 13.2 Å². The van der Waals surface area contributed by atoms with Gasteiger partial charge in [-0.15, -0.1) is 0 Å². The van der Waals surface area contributed by atoms with Crippen molar-refractivity contribution in [3.63, 3.8) is 0 Å². The van der Waals surface area contributed by atoms with Crippen molar-refractivity contribution < 1.29 is 18.0 Å². The van der Waals surface area contributed by atoms with Gasteiger partial charge in [-0.1, -0.05) is 43.0 Å². The maximum Gasteiger partial charge on any atom is 0.433 e. The molecule has 4 atom stereocenters. The van der Waals surface area contributed by atoms with Crippen LogP contribution in [-0.4, -0.2) is 38.6 Å². The van der Waals surface area contributed by atoms with Gasteiger partial charge in [0.25, 0.3) is 0 Å². The van der Waals surface area contributed by atoms with Crippen LogP contribution < -0.4 is 0 Å². The first kappa shape index (κ1) is 23.6. The minimum Gasteiger partial charge on any atom is -0.336 e. The Balaban J connectivity index is 1.40. The highest BCUT2D eigenvalue weighted by Gasteiger charge is 2.41. The van der Waals surface area contributed by atoms with Crippen LogP contribution in [-0.2, 0) is 23.8 Å². The van der Waals surface area contributed by atoms with Gasteiger partial charge in [0.1, 0.15) is 0 Å². The van der Waals surface area contributed by atoms with Crippen molar-refractivity contribution in [3.8, 4) is 11.3 Å². The molecule has 1 aliphatic heterocycles. The van der Waals surface area contributed by atoms with Crippen LogP contribution in [0.4, 0.5) is 13.2 Å². The molecule has 0 radical (unpaired) electrons. The predicted molar refractivity (Wildman–Crippen MR) is 126 cm³/mol. The predicted octanol–water partition coefficient (Wildman–Crippen LogP) is 6.17. The third-order valence-electron chi connectivity index (χ3n) is 7.78. The van der Waals surface area contributed by atoms with E-state index in [9.17, 15) is 18.0 Å². The fraction of sp³-hybridized carbons (Fsp3) is 0.577. The second-order valence-corrected chi connectivity index (χ2v) is 11.0. The fourth-order valence-electron chi connectivity index (χ4n) is 6.16. The highest BCUT2D eigenvalue weighted by Crippen LogP contribution is 2.42. The van der Waals surface area contributed by atoms with Gasteiger partial charge < -0.3 is 4.90 Å². The fourth-order valence-corrected chi connectivity index (χ4v) is 6.88. The zero-order chi connectivity index (χ0) is 24.0. The first-order valence-corrected chi connectivity index (χ1v) is 13.2. The van der Waals surface area contributed by atoms with E-state index in [1.165, 1.54) is 0 Å². The van der Waals surface area contributed by atoms with Crippen molar-refractivity contribution in [1.82, 2.24) is 14.9 Å². The molecule has 0 spiro atoms. The smallest absolute Gasteiger partial charge is 0.336 e. The average molecular weight is 490 g/mol. The van der Waals surface area contributed by atoms with E-state index in [0.717, 1.165) is 55.0 Å². The van der Waals surface area contributed by atoms with Gasteiger partial charge in [0.2, 0.25) is 5.91 Å². The van der Waals surface area contributed by atoms with Gasteiger partial charge in [0.05, 0.1) is 11.4 Å². The molecule has 0 unspecified atom stereocenters. The Morgan fingerprint density at radius 1 is 1.09 bits per heavy atom. The van der Waals surface area contributed by atoms with Crippen molar-refractivity contribution in [1.29, 1.82) is 0 Å². The molecular weight excluding hydrogens is 459 g/mol. The highest BCUT2D eigenvalue weighted by molar-refractivity contribution is 7.99. The molecule has 1 aromatic heterocycles. The molecule has 8 heteroatoms. The molecule has 34 heavy (non-hydrogen) atoms. The average Bonchev–Trinajstić information content (AvgIpc) is 2.81. The number of aryl methyl sites for hydroxylation is 1. The maximum absolute atomic E-state index is 13.9. The zero-order valence-corrected chi connectivity index (χ0v) is 20.4. The van der Waals surface area contributed by atoms with Crippen LogP contribution in [0.15, 0.2) is 29.4 Å². The van der Waals surface area contributed by atoms with Crippen LogP contribution >= 0.6 is 11.8 Å². The molecular formula is C26H30F3N3OS. The van der Waals surface area contributed by atoms with Crippen LogP contribution in [0.3, 0.4) is 0 Å². The Morgan fingerprint density at radius 3 is 2.68 bits per heavy atom. The number of thioether (sulfide) groups is 1. The molecule has 1 saturated heterocycles. The van der Waals surface area contributed by atoms with Crippen LogP contribution in [0.1, 0.15) is 62.8 Å². The van der Waals surface area contributed by atoms with E-state index in [0.29, 0.717) is 24.0 Å². The molecule has 3 aliphatic rings. The normalized spacial score (nSPS) is 26.4. The third kappa shape index (κ3) is 4.45. The Labute approximate surface area is 202 Å². The molecule has 2 aliphatic carbocycles. The number of piperidine rings is 1. The van der Waals surface area contributed by atoms with E-state index in [2.05, 4.69) is 23.8 Å². The summed E-state index contributed by atoms with van der Waals surface area (Å²) in [7, 11) is 0. The molecule has 0 N–H and O–H groups in total. The number of fused-ring (bicyclic) bond motifs is 4. The summed E-state index contributed by atoms with van der Waals surface area (Å²) in [5, 5.41) is 0.0228. The van der Waals surface area contributed by atoms with E-state index in [-0.39, 0.29) is 40.9 Å². The lowest BCUT2D eigenvalue weighted by Gasteiger charge is -2.49. The van der Waals surface area contributed by atoms with E-state index in [1.807, 2.05) is 29.2 Å². The topological polar surface area (TPSA) is 46.1 Å². The van der Waals surface area contributed by atoms with Gasteiger partial charge in [-0.05, 0) is 69.3 Å². The van der Waals surface area contributed by atoms with E-state index in [1.54, 1.807) is 0 Å². The summed E-state index contributed by atoms with van der Waals surface area (Å²) in [6.07, 6.45) is 1.64. The van der Waals surface area contributed by atoms with E-state index in [4.69, 9.17) is 0 Å². The lowest BCUT2D eigenvalue weighted by atomic mass is 9.73. The number of alkyl halides is 3. The number of amides is 1. The van der Waals surface area contributed by atoms with Crippen LogP contribution in [0.5, 0.6) is 0 Å². The number of aromatic nitrogens is 2. The number of carbonyl (C=O) groups excluding carboxylic acids is 1. The van der Waals surface area contributed by atoms with Crippen LogP contribution in [0.2, 0.25) is 0 Å². The summed E-state index contributed by atoms with van der Waals surface area (Å²) in [5.41, 5.74) is 1.37. The van der Waals surface area contributed by atoms with Gasteiger partial charge in [-0.25, -0.2) is 9.97 Å². The van der Waals surface area contributed by atoms with Crippen molar-refractivity contribution in [2.75, 3.05) is 5.75 Å². The molecule has 1 amide bonds. The van der Waals surface area contributed by atoms with Gasteiger partial charge in [-0.3, -0.25) is 4.79 Å². The zero-order valence-electron chi connectivity index (χ0n) is 19.6. The van der Waals surface area contributed by atoms with Gasteiger partial charge in [0.15, 0.2) is 10.9 Å². The molecule has 2 heterocycles. The number of carbonyl (C=O) groups is 1. The lowest BCUT2D eigenvalue weighted by molar-refractivity contribution is -0.142. The SMILES string of the molecule is C[C@H]1CC[C@H]2[C@H](CC[C@H](C)N2C(=O)CSc2nc3c(c(C(F)(F)F)n2)CCc2ccccc2-3)C1.